The predicted molar refractivity (Wildman–Crippen MR) is 129 cm³/mol. The second-order valence-electron chi connectivity index (χ2n) is 8.29. The summed E-state index contributed by atoms with van der Waals surface area (Å²) in [6, 6.07) is 10.9. The van der Waals surface area contributed by atoms with E-state index >= 15 is 0 Å². The van der Waals surface area contributed by atoms with Crippen molar-refractivity contribution >= 4 is 28.4 Å². The molecule has 5 rings (SSSR count). The number of anilines is 2. The van der Waals surface area contributed by atoms with Crippen molar-refractivity contribution in [2.75, 3.05) is 23.8 Å². The van der Waals surface area contributed by atoms with Crippen molar-refractivity contribution in [2.24, 2.45) is 0 Å². The summed E-state index contributed by atoms with van der Waals surface area (Å²) in [7, 11) is 0. The van der Waals surface area contributed by atoms with Crippen molar-refractivity contribution in [1.82, 2.24) is 15.2 Å². The second-order valence-corrected chi connectivity index (χ2v) is 8.29. The van der Waals surface area contributed by atoms with E-state index in [2.05, 4.69) is 25.8 Å². The predicted octanol–water partition coefficient (Wildman–Crippen LogP) is 5.97. The van der Waals surface area contributed by atoms with E-state index in [-0.39, 0.29) is 17.5 Å². The number of rotatable bonds is 6. The van der Waals surface area contributed by atoms with Gasteiger partial charge in [0.05, 0.1) is 30.4 Å². The Balaban J connectivity index is 1.23. The van der Waals surface area contributed by atoms with Gasteiger partial charge in [0.2, 0.25) is 0 Å². The number of nitrogens with one attached hydrogen (secondary N) is 3. The number of alkyl halides is 3. The Morgan fingerprint density at radius 2 is 1.73 bits per heavy atom. The number of halogens is 3. The van der Waals surface area contributed by atoms with Crippen LogP contribution >= 0.6 is 0 Å². The summed E-state index contributed by atoms with van der Waals surface area (Å²) in [5.41, 5.74) is 0.0277. The summed E-state index contributed by atoms with van der Waals surface area (Å²) < 4.78 is 57.7. The lowest BCUT2D eigenvalue weighted by Crippen LogP contribution is -2.27. The van der Waals surface area contributed by atoms with E-state index in [4.69, 9.17) is 14.2 Å². The molecule has 0 atom stereocenters. The Bertz CT molecular complexity index is 1390. The Morgan fingerprint density at radius 3 is 2.49 bits per heavy atom. The first-order valence-electron chi connectivity index (χ1n) is 11.4. The number of aromatic amines is 1. The number of benzene rings is 2. The zero-order valence-corrected chi connectivity index (χ0v) is 19.3. The highest BCUT2D eigenvalue weighted by atomic mass is 19.4. The molecule has 2 amide bonds. The molecule has 0 bridgehead atoms. The number of carbonyl (C=O) groups excluding carboxylic acids is 1. The van der Waals surface area contributed by atoms with Gasteiger partial charge in [-0.3, -0.25) is 5.10 Å². The van der Waals surface area contributed by atoms with Gasteiger partial charge in [0.1, 0.15) is 23.4 Å². The summed E-state index contributed by atoms with van der Waals surface area (Å²) >= 11 is 0. The van der Waals surface area contributed by atoms with E-state index in [1.54, 1.807) is 42.7 Å². The third kappa shape index (κ3) is 5.92. The van der Waals surface area contributed by atoms with Crippen LogP contribution in [0.5, 0.6) is 17.2 Å². The van der Waals surface area contributed by atoms with Gasteiger partial charge in [-0.1, -0.05) is 0 Å². The lowest BCUT2D eigenvalue weighted by Gasteiger charge is -2.25. The van der Waals surface area contributed by atoms with Gasteiger partial charge in [-0.15, -0.1) is 0 Å². The Labute approximate surface area is 208 Å². The largest absolute Gasteiger partial charge is 0.490 e. The molecule has 4 aromatic rings. The Kier molecular flexibility index (Phi) is 6.82. The zero-order chi connectivity index (χ0) is 25.8. The monoisotopic (exact) mass is 513 g/mol. The van der Waals surface area contributed by atoms with E-state index in [9.17, 15) is 18.0 Å². The fourth-order valence-electron chi connectivity index (χ4n) is 3.85. The minimum Gasteiger partial charge on any atom is -0.490 e. The van der Waals surface area contributed by atoms with Crippen LogP contribution in [-0.2, 0) is 10.9 Å². The molecule has 1 fully saturated rings. The first kappa shape index (κ1) is 24.4. The van der Waals surface area contributed by atoms with E-state index in [1.807, 2.05) is 0 Å². The van der Waals surface area contributed by atoms with Crippen LogP contribution in [0, 0.1) is 0 Å². The lowest BCUT2D eigenvalue weighted by molar-refractivity contribution is -0.139. The van der Waals surface area contributed by atoms with E-state index < -0.39 is 17.8 Å². The van der Waals surface area contributed by atoms with Gasteiger partial charge >= 0.3 is 12.2 Å². The van der Waals surface area contributed by atoms with Gasteiger partial charge < -0.3 is 24.8 Å². The van der Waals surface area contributed by atoms with E-state index in [0.717, 1.165) is 6.07 Å². The average Bonchev–Trinajstić information content (AvgIpc) is 3.36. The van der Waals surface area contributed by atoms with Gasteiger partial charge in [-0.25, -0.2) is 9.78 Å². The van der Waals surface area contributed by atoms with E-state index in [1.165, 1.54) is 12.1 Å². The van der Waals surface area contributed by atoms with Crippen LogP contribution in [0.2, 0.25) is 0 Å². The molecule has 0 saturated carbocycles. The third-order valence-corrected chi connectivity index (χ3v) is 5.66. The average molecular weight is 513 g/mol. The number of ether oxygens (including phenoxy) is 3. The third-order valence-electron chi connectivity index (χ3n) is 5.66. The van der Waals surface area contributed by atoms with Gasteiger partial charge in [-0.2, -0.15) is 18.3 Å². The SMILES string of the molecule is O=C(Nc1ccc(Oc2ccnc3[nH]ncc23)cc1)Nc1ccc(OC2CCOCC2)c(C(F)(F)F)c1. The van der Waals surface area contributed by atoms with E-state index in [0.29, 0.717) is 54.3 Å². The quantitative estimate of drug-likeness (QED) is 0.293. The van der Waals surface area contributed by atoms with Gasteiger partial charge in [0.15, 0.2) is 5.65 Å². The number of fused-ring (bicyclic) bond motifs is 1. The molecule has 0 aliphatic carbocycles. The van der Waals surface area contributed by atoms with Crippen molar-refractivity contribution in [2.45, 2.75) is 25.1 Å². The molecule has 1 aliphatic rings. The van der Waals surface area contributed by atoms with Gasteiger partial charge in [0, 0.05) is 30.4 Å². The van der Waals surface area contributed by atoms with Gasteiger partial charge in [0.25, 0.3) is 0 Å². The number of pyridine rings is 1. The summed E-state index contributed by atoms with van der Waals surface area (Å²) in [5.74, 6) is 0.791. The summed E-state index contributed by atoms with van der Waals surface area (Å²) in [6.45, 7) is 0.883. The number of carbonyl (C=O) groups is 1. The maximum Gasteiger partial charge on any atom is 0.420 e. The summed E-state index contributed by atoms with van der Waals surface area (Å²) in [5, 5.41) is 12.4. The van der Waals surface area contributed by atoms with Crippen molar-refractivity contribution in [3.8, 4) is 17.2 Å². The highest BCUT2D eigenvalue weighted by molar-refractivity contribution is 5.99. The zero-order valence-electron chi connectivity index (χ0n) is 19.3. The molecule has 0 radical (unpaired) electrons. The molecule has 2 aromatic carbocycles. The highest BCUT2D eigenvalue weighted by Gasteiger charge is 2.35. The van der Waals surface area contributed by atoms with Crippen LogP contribution in [0.15, 0.2) is 60.9 Å². The molecule has 2 aromatic heterocycles. The molecule has 12 heteroatoms. The van der Waals surface area contributed by atoms with Crippen LogP contribution in [0.25, 0.3) is 11.0 Å². The fourth-order valence-corrected chi connectivity index (χ4v) is 3.85. The van der Waals surface area contributed by atoms with Crippen LogP contribution in [-0.4, -0.2) is 40.5 Å². The minimum atomic E-state index is -4.65. The van der Waals surface area contributed by atoms with Crippen LogP contribution < -0.4 is 20.1 Å². The molecule has 192 valence electrons. The highest BCUT2D eigenvalue weighted by Crippen LogP contribution is 2.39. The molecule has 37 heavy (non-hydrogen) atoms. The number of hydrogen-bond donors (Lipinski definition) is 3. The molecule has 1 aliphatic heterocycles. The maximum atomic E-state index is 13.7. The van der Waals surface area contributed by atoms with Crippen LogP contribution in [0.1, 0.15) is 18.4 Å². The van der Waals surface area contributed by atoms with Crippen molar-refractivity contribution < 1.29 is 32.2 Å². The Hall–Kier alpha value is -4.32. The van der Waals surface area contributed by atoms with Crippen molar-refractivity contribution in [1.29, 1.82) is 0 Å². The molecule has 0 spiro atoms. The molecule has 0 unspecified atom stereocenters. The number of hydrogen-bond acceptors (Lipinski definition) is 6. The van der Waals surface area contributed by atoms with Crippen molar-refractivity contribution in [3.63, 3.8) is 0 Å². The first-order chi connectivity index (χ1) is 17.8. The van der Waals surface area contributed by atoms with Crippen molar-refractivity contribution in [3.05, 3.63) is 66.5 Å². The minimum absolute atomic E-state index is 0.0223. The molecule has 3 N–H and O–H groups in total. The number of amides is 2. The number of aromatic nitrogens is 3. The fraction of sp³-hybridized carbons (Fsp3) is 0.240. The van der Waals surface area contributed by atoms with Crippen LogP contribution in [0.3, 0.4) is 0 Å². The summed E-state index contributed by atoms with van der Waals surface area (Å²) in [6.07, 6.45) is -0.788. The van der Waals surface area contributed by atoms with Crippen LogP contribution in [0.4, 0.5) is 29.3 Å². The molecular formula is C25H22F3N5O4. The molecular weight excluding hydrogens is 491 g/mol. The molecule has 9 nitrogen and oxygen atoms in total. The normalized spacial score (nSPS) is 14.4. The number of H-pyrrole nitrogens is 1. The number of nitrogens with zero attached hydrogens (tertiary/aromatic N) is 2. The second kappa shape index (κ2) is 10.3. The molecule has 3 heterocycles. The Morgan fingerprint density at radius 1 is 1.00 bits per heavy atom. The summed E-state index contributed by atoms with van der Waals surface area (Å²) in [4.78, 5) is 16.6. The lowest BCUT2D eigenvalue weighted by atomic mass is 10.1. The number of urea groups is 1. The van der Waals surface area contributed by atoms with Gasteiger partial charge in [-0.05, 0) is 48.5 Å². The first-order valence-corrected chi connectivity index (χ1v) is 11.4. The maximum absolute atomic E-state index is 13.7. The standard InChI is InChI=1S/C25H22F3N5O4/c26-25(27,28)20-13-16(3-6-22(20)37-18-8-11-35-12-9-18)32-24(34)31-15-1-4-17(5-2-15)36-21-7-10-29-23-19(21)14-30-33-23/h1-7,10,13-14,18H,8-9,11-12H2,(H,29,30,33)(H2,31,32,34). The topological polar surface area (TPSA) is 110 Å². The smallest absolute Gasteiger partial charge is 0.420 e. The molecule has 1 saturated heterocycles.